The van der Waals surface area contributed by atoms with E-state index in [0.717, 1.165) is 11.1 Å². The quantitative estimate of drug-likeness (QED) is 0.774. The van der Waals surface area contributed by atoms with E-state index in [9.17, 15) is 4.79 Å². The van der Waals surface area contributed by atoms with Crippen LogP contribution in [0.5, 0.6) is 11.5 Å². The minimum atomic E-state index is -0.231. The Morgan fingerprint density at radius 1 is 1.08 bits per heavy atom. The molecule has 2 aromatic carbocycles. The number of ether oxygens (including phenoxy) is 2. The van der Waals surface area contributed by atoms with Crippen molar-refractivity contribution in [1.29, 1.82) is 0 Å². The number of methoxy groups -OCH3 is 2. The highest BCUT2D eigenvalue weighted by Crippen LogP contribution is 2.24. The first-order chi connectivity index (χ1) is 11.5. The maximum atomic E-state index is 12.0. The van der Waals surface area contributed by atoms with Gasteiger partial charge in [-0.3, -0.25) is 4.79 Å². The number of rotatable bonds is 6. The lowest BCUT2D eigenvalue weighted by Crippen LogP contribution is -2.20. The zero-order valence-corrected chi connectivity index (χ0v) is 14.8. The second-order valence-corrected chi connectivity index (χ2v) is 5.72. The number of carbonyl (C=O) groups excluding carboxylic acids is 1. The first-order valence-corrected chi connectivity index (χ1v) is 7.91. The van der Waals surface area contributed by atoms with Crippen LogP contribution in [0.15, 0.2) is 42.5 Å². The molecule has 4 nitrogen and oxygen atoms in total. The molecule has 1 amide bonds. The summed E-state index contributed by atoms with van der Waals surface area (Å²) in [5.74, 6) is 1.15. The van der Waals surface area contributed by atoms with Crippen LogP contribution in [0, 0.1) is 0 Å². The minimum absolute atomic E-state index is 0.231. The predicted octanol–water partition coefficient (Wildman–Crippen LogP) is 4.34. The fourth-order valence-corrected chi connectivity index (χ4v) is 2.36. The SMILES string of the molecule is COc1ccc(OC)c(CNC(=O)/C=C/c2ccc(Cl)c(Cl)c2)c1. The van der Waals surface area contributed by atoms with Crippen LogP contribution in [0.2, 0.25) is 10.0 Å². The van der Waals surface area contributed by atoms with Crippen LogP contribution in [0.25, 0.3) is 6.08 Å². The number of hydrogen-bond acceptors (Lipinski definition) is 3. The summed E-state index contributed by atoms with van der Waals surface area (Å²) in [4.78, 5) is 12.0. The van der Waals surface area contributed by atoms with Crippen LogP contribution >= 0.6 is 23.2 Å². The van der Waals surface area contributed by atoms with Crippen molar-refractivity contribution in [3.63, 3.8) is 0 Å². The molecule has 0 aliphatic carbocycles. The summed E-state index contributed by atoms with van der Waals surface area (Å²) in [5, 5.41) is 3.72. The van der Waals surface area contributed by atoms with Gasteiger partial charge in [-0.25, -0.2) is 0 Å². The smallest absolute Gasteiger partial charge is 0.244 e. The van der Waals surface area contributed by atoms with Gasteiger partial charge in [-0.2, -0.15) is 0 Å². The van der Waals surface area contributed by atoms with E-state index < -0.39 is 0 Å². The van der Waals surface area contributed by atoms with Crippen LogP contribution < -0.4 is 14.8 Å². The summed E-state index contributed by atoms with van der Waals surface area (Å²) in [6, 6.07) is 10.6. The summed E-state index contributed by atoms with van der Waals surface area (Å²) >= 11 is 11.8. The molecule has 6 heteroatoms. The van der Waals surface area contributed by atoms with Crippen LogP contribution in [-0.4, -0.2) is 20.1 Å². The monoisotopic (exact) mass is 365 g/mol. The highest BCUT2D eigenvalue weighted by molar-refractivity contribution is 6.42. The Labute approximate surface area is 151 Å². The molecule has 1 N–H and O–H groups in total. The summed E-state index contributed by atoms with van der Waals surface area (Å²) < 4.78 is 10.5. The Morgan fingerprint density at radius 2 is 1.88 bits per heavy atom. The van der Waals surface area contributed by atoms with Gasteiger partial charge in [-0.05, 0) is 42.0 Å². The number of hydrogen-bond donors (Lipinski definition) is 1. The van der Waals surface area contributed by atoms with Crippen molar-refractivity contribution < 1.29 is 14.3 Å². The maximum absolute atomic E-state index is 12.0. The molecule has 0 bridgehead atoms. The second kappa shape index (κ2) is 8.62. The molecule has 0 heterocycles. The molecule has 0 aliphatic heterocycles. The largest absolute Gasteiger partial charge is 0.497 e. The van der Waals surface area contributed by atoms with Crippen LogP contribution in [0.3, 0.4) is 0 Å². The molecular weight excluding hydrogens is 349 g/mol. The lowest BCUT2D eigenvalue weighted by atomic mass is 10.2. The summed E-state index contributed by atoms with van der Waals surface area (Å²) in [6.45, 7) is 0.324. The van der Waals surface area contributed by atoms with Gasteiger partial charge in [0.05, 0.1) is 24.3 Å². The van der Waals surface area contributed by atoms with Crippen molar-refractivity contribution in [1.82, 2.24) is 5.32 Å². The van der Waals surface area contributed by atoms with Gasteiger partial charge < -0.3 is 14.8 Å². The molecule has 2 aromatic rings. The Hall–Kier alpha value is -2.17. The fourth-order valence-electron chi connectivity index (χ4n) is 2.05. The van der Waals surface area contributed by atoms with Crippen molar-refractivity contribution in [2.75, 3.05) is 14.2 Å². The van der Waals surface area contributed by atoms with E-state index in [1.807, 2.05) is 6.07 Å². The Balaban J connectivity index is 2.00. The Kier molecular flexibility index (Phi) is 6.53. The number of carbonyl (C=O) groups is 1. The van der Waals surface area contributed by atoms with E-state index in [2.05, 4.69) is 5.32 Å². The zero-order chi connectivity index (χ0) is 17.5. The number of nitrogens with one attached hydrogen (secondary N) is 1. The fraction of sp³-hybridized carbons (Fsp3) is 0.167. The van der Waals surface area contributed by atoms with Crippen molar-refractivity contribution in [3.05, 3.63) is 63.6 Å². The van der Waals surface area contributed by atoms with E-state index >= 15 is 0 Å². The lowest BCUT2D eigenvalue weighted by Gasteiger charge is -2.10. The highest BCUT2D eigenvalue weighted by Gasteiger charge is 2.06. The second-order valence-electron chi connectivity index (χ2n) is 4.90. The number of amides is 1. The van der Waals surface area contributed by atoms with E-state index in [1.54, 1.807) is 50.6 Å². The molecule has 0 aliphatic rings. The molecule has 0 atom stereocenters. The molecule has 2 rings (SSSR count). The first kappa shape index (κ1) is 18.2. The van der Waals surface area contributed by atoms with Crippen LogP contribution in [0.4, 0.5) is 0 Å². The number of halogens is 2. The van der Waals surface area contributed by atoms with Crippen LogP contribution in [-0.2, 0) is 11.3 Å². The van der Waals surface area contributed by atoms with Crippen molar-refractivity contribution >= 4 is 35.2 Å². The van der Waals surface area contributed by atoms with Gasteiger partial charge in [0.2, 0.25) is 5.91 Å². The summed E-state index contributed by atoms with van der Waals surface area (Å²) in [5.41, 5.74) is 1.62. The summed E-state index contributed by atoms with van der Waals surface area (Å²) in [6.07, 6.45) is 3.10. The molecule has 0 saturated carbocycles. The van der Waals surface area contributed by atoms with E-state index in [0.29, 0.717) is 28.1 Å². The Morgan fingerprint density at radius 3 is 2.54 bits per heavy atom. The molecule has 0 unspecified atom stereocenters. The third-order valence-corrected chi connectivity index (χ3v) is 4.05. The first-order valence-electron chi connectivity index (χ1n) is 7.15. The van der Waals surface area contributed by atoms with Gasteiger partial charge in [-0.1, -0.05) is 29.3 Å². The third kappa shape index (κ3) is 4.91. The highest BCUT2D eigenvalue weighted by atomic mass is 35.5. The van der Waals surface area contributed by atoms with Crippen LogP contribution in [0.1, 0.15) is 11.1 Å². The topological polar surface area (TPSA) is 47.6 Å². The molecular formula is C18H17Cl2NO3. The average Bonchev–Trinajstić information content (AvgIpc) is 2.60. The summed E-state index contributed by atoms with van der Waals surface area (Å²) in [7, 11) is 3.17. The maximum Gasteiger partial charge on any atom is 0.244 e. The molecule has 0 radical (unpaired) electrons. The normalized spacial score (nSPS) is 10.7. The predicted molar refractivity (Wildman–Crippen MR) is 96.9 cm³/mol. The molecule has 0 saturated heterocycles. The van der Waals surface area contributed by atoms with E-state index in [4.69, 9.17) is 32.7 Å². The van der Waals surface area contributed by atoms with Crippen molar-refractivity contribution in [2.24, 2.45) is 0 Å². The lowest BCUT2D eigenvalue weighted by molar-refractivity contribution is -0.116. The average molecular weight is 366 g/mol. The van der Waals surface area contributed by atoms with E-state index in [1.165, 1.54) is 6.08 Å². The molecule has 0 fully saturated rings. The van der Waals surface area contributed by atoms with Gasteiger partial charge >= 0.3 is 0 Å². The van der Waals surface area contributed by atoms with Gasteiger partial charge in [0.1, 0.15) is 11.5 Å². The zero-order valence-electron chi connectivity index (χ0n) is 13.3. The van der Waals surface area contributed by atoms with Gasteiger partial charge in [0.15, 0.2) is 0 Å². The Bertz CT molecular complexity index is 760. The molecule has 0 spiro atoms. The standard InChI is InChI=1S/C18H17Cl2NO3/c1-23-14-5-7-17(24-2)13(10-14)11-21-18(22)8-4-12-3-6-15(19)16(20)9-12/h3-10H,11H2,1-2H3,(H,21,22)/b8-4+. The third-order valence-electron chi connectivity index (χ3n) is 3.31. The molecule has 126 valence electrons. The van der Waals surface area contributed by atoms with Crippen molar-refractivity contribution in [3.8, 4) is 11.5 Å². The van der Waals surface area contributed by atoms with Gasteiger partial charge in [-0.15, -0.1) is 0 Å². The van der Waals surface area contributed by atoms with E-state index in [-0.39, 0.29) is 5.91 Å². The van der Waals surface area contributed by atoms with Gasteiger partial charge in [0, 0.05) is 18.2 Å². The molecule has 0 aromatic heterocycles. The van der Waals surface area contributed by atoms with Gasteiger partial charge in [0.25, 0.3) is 0 Å². The molecule has 24 heavy (non-hydrogen) atoms. The minimum Gasteiger partial charge on any atom is -0.497 e. The number of benzene rings is 2. The van der Waals surface area contributed by atoms with Crippen molar-refractivity contribution in [2.45, 2.75) is 6.54 Å².